The van der Waals surface area contributed by atoms with Crippen LogP contribution < -0.4 is 0 Å². The first-order chi connectivity index (χ1) is 21.0. The molecule has 3 aromatic heterocycles. The van der Waals surface area contributed by atoms with E-state index in [2.05, 4.69) is 10.2 Å². The summed E-state index contributed by atoms with van der Waals surface area (Å²) in [4.78, 5) is 43.0. The second-order valence-corrected chi connectivity index (χ2v) is 15.6. The normalized spacial score (nSPS) is 19.1. The van der Waals surface area contributed by atoms with Gasteiger partial charge in [0.15, 0.2) is 5.65 Å². The van der Waals surface area contributed by atoms with Crippen molar-refractivity contribution in [3.63, 3.8) is 0 Å². The lowest BCUT2D eigenvalue weighted by Crippen LogP contribution is -2.46. The molecule has 0 radical (unpaired) electrons. The van der Waals surface area contributed by atoms with Crippen LogP contribution in [0.25, 0.3) is 16.8 Å². The highest BCUT2D eigenvalue weighted by molar-refractivity contribution is 8.00. The number of amides is 2. The maximum absolute atomic E-state index is 12.5. The number of rotatable bonds is 3. The number of carboxylic acids is 1. The number of carboxylic acid groups (broad SMARTS) is 1. The molecule has 0 spiro atoms. The fourth-order valence-corrected chi connectivity index (χ4v) is 6.94. The smallest absolute Gasteiger partial charge is 0.410 e. The number of thioether (sulfide) groups is 2. The Kier molecular flexibility index (Phi) is 10.9. The van der Waals surface area contributed by atoms with Gasteiger partial charge >= 0.3 is 18.2 Å². The highest BCUT2D eigenvalue weighted by Gasteiger charge is 2.32. The van der Waals surface area contributed by atoms with Crippen molar-refractivity contribution in [2.45, 2.75) is 63.2 Å². The molecule has 5 rings (SSSR count). The van der Waals surface area contributed by atoms with E-state index in [1.165, 1.54) is 16.7 Å². The van der Waals surface area contributed by atoms with Crippen LogP contribution in [0.4, 0.5) is 9.59 Å². The Hall–Kier alpha value is -3.17. The van der Waals surface area contributed by atoms with Gasteiger partial charge in [-0.05, 0) is 47.6 Å². The van der Waals surface area contributed by atoms with Crippen molar-refractivity contribution < 1.29 is 29.0 Å². The van der Waals surface area contributed by atoms with Gasteiger partial charge in [0.2, 0.25) is 0 Å². The molecule has 45 heavy (non-hydrogen) atoms. The number of carbonyl (C=O) groups is 3. The average Bonchev–Trinajstić information content (AvgIpc) is 3.58. The predicted octanol–water partition coefficient (Wildman–Crippen LogP) is 5.23. The maximum atomic E-state index is 12.5. The number of hydrogen-bond acceptors (Lipinski definition) is 10. The van der Waals surface area contributed by atoms with E-state index in [1.807, 2.05) is 40.1 Å². The van der Waals surface area contributed by atoms with Crippen LogP contribution in [-0.4, -0.2) is 112 Å². The fourth-order valence-electron chi connectivity index (χ4n) is 4.48. The molecule has 1 N–H and O–H groups in total. The molecule has 2 atom stereocenters. The van der Waals surface area contributed by atoms with Crippen LogP contribution in [0.15, 0.2) is 24.7 Å². The zero-order chi connectivity index (χ0) is 33.1. The summed E-state index contributed by atoms with van der Waals surface area (Å²) in [6.45, 7) is 12.9. The van der Waals surface area contributed by atoms with Crippen molar-refractivity contribution in [2.75, 3.05) is 37.7 Å². The van der Waals surface area contributed by atoms with Gasteiger partial charge in [-0.25, -0.2) is 19.1 Å². The first-order valence-electron chi connectivity index (χ1n) is 14.5. The minimum Gasteiger partial charge on any atom is -0.480 e. The van der Waals surface area contributed by atoms with Crippen LogP contribution in [0.5, 0.6) is 0 Å². The van der Waals surface area contributed by atoms with Crippen LogP contribution in [0, 0.1) is 0 Å². The fraction of sp³-hybridized carbons (Fsp3) is 0.586. The molecule has 2 unspecified atom stereocenters. The molecule has 2 aliphatic heterocycles. The molecule has 246 valence electrons. The van der Waals surface area contributed by atoms with E-state index >= 15 is 0 Å². The molecule has 16 heteroatoms. The third-order valence-electron chi connectivity index (χ3n) is 6.51. The quantitative estimate of drug-likeness (QED) is 0.363. The Morgan fingerprint density at radius 3 is 2.09 bits per heavy atom. The first-order valence-corrected chi connectivity index (χ1v) is 16.9. The van der Waals surface area contributed by atoms with Gasteiger partial charge in [0, 0.05) is 62.1 Å². The van der Waals surface area contributed by atoms with Gasteiger partial charge in [0.1, 0.15) is 21.6 Å². The monoisotopic (exact) mass is 681 g/mol. The van der Waals surface area contributed by atoms with Crippen LogP contribution >= 0.6 is 35.1 Å². The van der Waals surface area contributed by atoms with Crippen molar-refractivity contribution >= 4 is 58.9 Å². The number of carbonyl (C=O) groups excluding carboxylic acids is 2. The molecule has 5 heterocycles. The van der Waals surface area contributed by atoms with Crippen molar-refractivity contribution in [3.05, 3.63) is 35.5 Å². The third kappa shape index (κ3) is 9.42. The summed E-state index contributed by atoms with van der Waals surface area (Å²) in [7, 11) is 1.87. The van der Waals surface area contributed by atoms with Gasteiger partial charge in [0.05, 0.1) is 23.3 Å². The largest absolute Gasteiger partial charge is 0.480 e. The predicted molar refractivity (Wildman–Crippen MR) is 175 cm³/mol. The number of aliphatic carboxylic acids is 1. The van der Waals surface area contributed by atoms with Crippen molar-refractivity contribution in [1.29, 1.82) is 0 Å². The number of fused-ring (bicyclic) bond motifs is 1. The topological polar surface area (TPSA) is 144 Å². The molecule has 13 nitrogen and oxygen atoms in total. The van der Waals surface area contributed by atoms with E-state index in [-0.39, 0.29) is 17.9 Å². The molecular weight excluding hydrogens is 642 g/mol. The second-order valence-electron chi connectivity index (χ2n) is 12.6. The zero-order valence-corrected chi connectivity index (χ0v) is 28.9. The standard InChI is InChI=1S/C19H23ClN6O2S.C10H17NO4S/c1-19(2,3)28-18(27)25-5-6-29-15(11-25)14-7-16(20)26-17(23-14)13(9-22-26)12-8-21-24(4)10-12;1-10(2,3)15-9(14)11-4-5-16-7(6-11)8(12)13/h7-10,15H,5-6,11H2,1-4H3;7H,4-6H2,1-3H3,(H,12,13). The highest BCUT2D eigenvalue weighted by Crippen LogP contribution is 2.35. The van der Waals surface area contributed by atoms with Crippen LogP contribution in [0.2, 0.25) is 5.15 Å². The summed E-state index contributed by atoms with van der Waals surface area (Å²) in [6.07, 6.45) is 4.71. The van der Waals surface area contributed by atoms with Crippen molar-refractivity contribution in [1.82, 2.24) is 34.2 Å². The summed E-state index contributed by atoms with van der Waals surface area (Å²) < 4.78 is 14.1. The Bertz CT molecular complexity index is 1530. The molecule has 2 fully saturated rings. The van der Waals surface area contributed by atoms with E-state index in [9.17, 15) is 14.4 Å². The maximum Gasteiger partial charge on any atom is 0.410 e. The Labute approximate surface area is 275 Å². The number of aryl methyl sites for hydroxylation is 1. The minimum absolute atomic E-state index is 0.00965. The molecule has 0 aromatic carbocycles. The molecule has 2 amide bonds. The SMILES string of the molecule is CC(C)(C)OC(=O)N1CCSC(C(=O)O)C1.Cn1cc(-c2cnn3c(Cl)cc(C4CN(C(=O)OC(C)(C)C)CCS4)nc23)cn1. The van der Waals surface area contributed by atoms with Gasteiger partial charge in [-0.1, -0.05) is 11.6 Å². The molecular formula is C29H40ClN7O6S2. The van der Waals surface area contributed by atoms with Gasteiger partial charge in [-0.2, -0.15) is 10.2 Å². The summed E-state index contributed by atoms with van der Waals surface area (Å²) in [5.74, 6) is 0.567. The van der Waals surface area contributed by atoms with E-state index in [4.69, 9.17) is 31.2 Å². The van der Waals surface area contributed by atoms with Gasteiger partial charge in [-0.3, -0.25) is 9.48 Å². The van der Waals surface area contributed by atoms with Gasteiger partial charge in [0.25, 0.3) is 0 Å². The lowest BCUT2D eigenvalue weighted by molar-refractivity contribution is -0.136. The summed E-state index contributed by atoms with van der Waals surface area (Å²) in [5, 5.41) is 17.4. The number of nitrogens with zero attached hydrogens (tertiary/aromatic N) is 7. The van der Waals surface area contributed by atoms with Crippen LogP contribution in [0.1, 0.15) is 52.5 Å². The molecule has 0 saturated carbocycles. The van der Waals surface area contributed by atoms with Crippen LogP contribution in [0.3, 0.4) is 0 Å². The van der Waals surface area contributed by atoms with E-state index in [1.54, 1.807) is 59.0 Å². The summed E-state index contributed by atoms with van der Waals surface area (Å²) in [6, 6.07) is 1.82. The van der Waals surface area contributed by atoms with Crippen molar-refractivity contribution in [3.8, 4) is 11.1 Å². The number of hydrogen-bond donors (Lipinski definition) is 1. The number of aromatic nitrogens is 5. The molecule has 0 bridgehead atoms. The average molecular weight is 682 g/mol. The van der Waals surface area contributed by atoms with E-state index in [0.717, 1.165) is 22.6 Å². The van der Waals surface area contributed by atoms with Crippen LogP contribution in [-0.2, 0) is 21.3 Å². The Balaban J connectivity index is 0.000000245. The van der Waals surface area contributed by atoms with Gasteiger partial charge in [-0.15, -0.1) is 23.5 Å². The Morgan fingerprint density at radius 2 is 1.53 bits per heavy atom. The van der Waals surface area contributed by atoms with E-state index in [0.29, 0.717) is 36.2 Å². The number of ether oxygens (including phenoxy) is 2. The summed E-state index contributed by atoms with van der Waals surface area (Å²) in [5.41, 5.74) is 2.23. The second kappa shape index (κ2) is 14.1. The molecule has 0 aliphatic carbocycles. The zero-order valence-electron chi connectivity index (χ0n) is 26.5. The number of halogens is 1. The van der Waals surface area contributed by atoms with E-state index < -0.39 is 28.5 Å². The lowest BCUT2D eigenvalue weighted by atomic mass is 10.2. The minimum atomic E-state index is -0.877. The lowest BCUT2D eigenvalue weighted by Gasteiger charge is -2.33. The van der Waals surface area contributed by atoms with Gasteiger partial charge < -0.3 is 24.4 Å². The molecule has 2 saturated heterocycles. The first kappa shape index (κ1) is 34.7. The Morgan fingerprint density at radius 1 is 0.933 bits per heavy atom. The van der Waals surface area contributed by atoms with Crippen molar-refractivity contribution in [2.24, 2.45) is 7.05 Å². The summed E-state index contributed by atoms with van der Waals surface area (Å²) >= 11 is 9.62. The molecule has 3 aromatic rings. The molecule has 2 aliphatic rings. The third-order valence-corrected chi connectivity index (χ3v) is 9.16. The highest BCUT2D eigenvalue weighted by atomic mass is 35.5.